The summed E-state index contributed by atoms with van der Waals surface area (Å²) in [6, 6.07) is 4.69. The molecule has 1 atom stereocenters. The van der Waals surface area contributed by atoms with Gasteiger partial charge in [0.2, 0.25) is 0 Å². The Bertz CT molecular complexity index is 400. The van der Waals surface area contributed by atoms with Gasteiger partial charge in [0.15, 0.2) is 11.5 Å². The molecule has 3 N–H and O–H groups in total. The monoisotopic (exact) mass is 290 g/mol. The van der Waals surface area contributed by atoms with Crippen LogP contribution in [-0.4, -0.2) is 48.0 Å². The highest BCUT2D eigenvalue weighted by Gasteiger charge is 2.22. The third-order valence-corrected chi connectivity index (χ3v) is 3.36. The highest BCUT2D eigenvalue weighted by atomic mass is 35.5. The van der Waals surface area contributed by atoms with Crippen LogP contribution >= 0.6 is 12.4 Å². The molecule has 0 spiro atoms. The van der Waals surface area contributed by atoms with Crippen LogP contribution in [0, 0.1) is 0 Å². The number of phenols is 2. The van der Waals surface area contributed by atoms with Crippen molar-refractivity contribution in [1.82, 2.24) is 10.2 Å². The molecule has 1 aliphatic heterocycles. The van der Waals surface area contributed by atoms with Gasteiger partial charge in [-0.15, -0.1) is 12.4 Å². The SMILES string of the molecule is Cl.Oc1ccc([C@@H](CCF)N2CCNCC2)cc1O. The first-order valence-corrected chi connectivity index (χ1v) is 6.25. The molecule has 1 heterocycles. The Morgan fingerprint density at radius 3 is 2.47 bits per heavy atom. The fourth-order valence-electron chi connectivity index (χ4n) is 2.40. The molecule has 108 valence electrons. The molecule has 4 nitrogen and oxygen atoms in total. The smallest absolute Gasteiger partial charge is 0.157 e. The van der Waals surface area contributed by atoms with E-state index in [4.69, 9.17) is 0 Å². The number of hydrogen-bond acceptors (Lipinski definition) is 4. The number of aromatic hydroxyl groups is 2. The van der Waals surface area contributed by atoms with E-state index in [1.807, 2.05) is 0 Å². The van der Waals surface area contributed by atoms with Gasteiger partial charge in [0.25, 0.3) is 0 Å². The van der Waals surface area contributed by atoms with Crippen LogP contribution in [0.4, 0.5) is 4.39 Å². The first kappa shape index (κ1) is 16.0. The van der Waals surface area contributed by atoms with E-state index in [1.54, 1.807) is 6.07 Å². The minimum Gasteiger partial charge on any atom is -0.504 e. The zero-order chi connectivity index (χ0) is 13.0. The quantitative estimate of drug-likeness (QED) is 0.741. The largest absolute Gasteiger partial charge is 0.504 e. The van der Waals surface area contributed by atoms with Gasteiger partial charge >= 0.3 is 0 Å². The van der Waals surface area contributed by atoms with Crippen molar-refractivity contribution in [3.63, 3.8) is 0 Å². The summed E-state index contributed by atoms with van der Waals surface area (Å²) in [5.74, 6) is -0.287. The lowest BCUT2D eigenvalue weighted by molar-refractivity contribution is 0.157. The Morgan fingerprint density at radius 2 is 1.89 bits per heavy atom. The fraction of sp³-hybridized carbons (Fsp3) is 0.538. The Hall–Kier alpha value is -1.04. The van der Waals surface area contributed by atoms with Crippen LogP contribution in [-0.2, 0) is 0 Å². The summed E-state index contributed by atoms with van der Waals surface area (Å²) in [4.78, 5) is 2.21. The second-order valence-corrected chi connectivity index (χ2v) is 4.53. The van der Waals surface area contributed by atoms with Crippen molar-refractivity contribution in [2.24, 2.45) is 0 Å². The summed E-state index contributed by atoms with van der Waals surface area (Å²) in [6.45, 7) is 3.13. The fourth-order valence-corrected chi connectivity index (χ4v) is 2.40. The van der Waals surface area contributed by atoms with Crippen LogP contribution in [0.2, 0.25) is 0 Å². The molecular formula is C13H20ClFN2O2. The maximum atomic E-state index is 12.7. The van der Waals surface area contributed by atoms with Crippen LogP contribution in [0.5, 0.6) is 11.5 Å². The number of hydrogen-bond donors (Lipinski definition) is 3. The Balaban J connectivity index is 0.00000180. The van der Waals surface area contributed by atoms with Crippen LogP contribution in [0.3, 0.4) is 0 Å². The predicted octanol–water partition coefficient (Wildman–Crippen LogP) is 1.83. The summed E-state index contributed by atoms with van der Waals surface area (Å²) < 4.78 is 12.7. The summed E-state index contributed by atoms with van der Waals surface area (Å²) in [6.07, 6.45) is 0.407. The molecule has 1 saturated heterocycles. The first-order chi connectivity index (χ1) is 8.72. The number of piperazine rings is 1. The van der Waals surface area contributed by atoms with E-state index >= 15 is 0 Å². The zero-order valence-electron chi connectivity index (χ0n) is 10.7. The minimum atomic E-state index is -0.393. The van der Waals surface area contributed by atoms with E-state index in [-0.39, 0.29) is 29.9 Å². The van der Waals surface area contributed by atoms with Gasteiger partial charge in [0.05, 0.1) is 6.67 Å². The van der Waals surface area contributed by atoms with Crippen LogP contribution in [0.25, 0.3) is 0 Å². The molecule has 1 aliphatic rings. The topological polar surface area (TPSA) is 55.7 Å². The second kappa shape index (κ2) is 7.53. The van der Waals surface area contributed by atoms with E-state index in [0.717, 1.165) is 31.7 Å². The van der Waals surface area contributed by atoms with Crippen molar-refractivity contribution >= 4 is 12.4 Å². The number of benzene rings is 1. The molecule has 2 rings (SSSR count). The summed E-state index contributed by atoms with van der Waals surface area (Å²) in [5, 5.41) is 22.1. The molecule has 0 aliphatic carbocycles. The molecule has 1 aromatic rings. The van der Waals surface area contributed by atoms with Crippen molar-refractivity contribution in [2.75, 3.05) is 32.9 Å². The molecule has 1 aromatic carbocycles. The van der Waals surface area contributed by atoms with Gasteiger partial charge < -0.3 is 15.5 Å². The van der Waals surface area contributed by atoms with E-state index in [9.17, 15) is 14.6 Å². The predicted molar refractivity (Wildman–Crippen MR) is 74.8 cm³/mol. The molecule has 0 radical (unpaired) electrons. The van der Waals surface area contributed by atoms with Crippen LogP contribution < -0.4 is 5.32 Å². The third-order valence-electron chi connectivity index (χ3n) is 3.36. The second-order valence-electron chi connectivity index (χ2n) is 4.53. The number of phenolic OH excluding ortho intramolecular Hbond substituents is 2. The average molecular weight is 291 g/mol. The van der Waals surface area contributed by atoms with Crippen molar-refractivity contribution in [2.45, 2.75) is 12.5 Å². The van der Waals surface area contributed by atoms with E-state index in [1.165, 1.54) is 12.1 Å². The van der Waals surface area contributed by atoms with Gasteiger partial charge in [-0.1, -0.05) is 6.07 Å². The molecule has 0 aromatic heterocycles. The summed E-state index contributed by atoms with van der Waals surface area (Å²) in [5.41, 5.74) is 0.852. The normalized spacial score (nSPS) is 17.7. The Labute approximate surface area is 118 Å². The number of nitrogens with zero attached hydrogens (tertiary/aromatic N) is 1. The van der Waals surface area contributed by atoms with E-state index in [2.05, 4.69) is 10.2 Å². The Morgan fingerprint density at radius 1 is 1.21 bits per heavy atom. The first-order valence-electron chi connectivity index (χ1n) is 6.25. The molecular weight excluding hydrogens is 271 g/mol. The number of nitrogens with one attached hydrogen (secondary N) is 1. The van der Waals surface area contributed by atoms with Crippen molar-refractivity contribution in [3.8, 4) is 11.5 Å². The van der Waals surface area contributed by atoms with Gasteiger partial charge in [-0.3, -0.25) is 9.29 Å². The maximum Gasteiger partial charge on any atom is 0.157 e. The van der Waals surface area contributed by atoms with Gasteiger partial charge in [-0.2, -0.15) is 0 Å². The van der Waals surface area contributed by atoms with Crippen molar-refractivity contribution in [3.05, 3.63) is 23.8 Å². The molecule has 0 unspecified atom stereocenters. The molecule has 0 saturated carbocycles. The van der Waals surface area contributed by atoms with E-state index in [0.29, 0.717) is 6.42 Å². The highest BCUT2D eigenvalue weighted by Crippen LogP contribution is 2.32. The summed E-state index contributed by atoms with van der Waals surface area (Å²) >= 11 is 0. The average Bonchev–Trinajstić information content (AvgIpc) is 2.40. The minimum absolute atomic E-state index is 0. The van der Waals surface area contributed by atoms with Crippen LogP contribution in [0.15, 0.2) is 18.2 Å². The Kier molecular flexibility index (Phi) is 6.34. The zero-order valence-corrected chi connectivity index (χ0v) is 11.5. The number of rotatable bonds is 4. The van der Waals surface area contributed by atoms with E-state index < -0.39 is 6.67 Å². The van der Waals surface area contributed by atoms with Crippen molar-refractivity contribution < 1.29 is 14.6 Å². The van der Waals surface area contributed by atoms with Gasteiger partial charge in [0.1, 0.15) is 0 Å². The van der Waals surface area contributed by atoms with Gasteiger partial charge in [-0.25, -0.2) is 0 Å². The number of alkyl halides is 1. The summed E-state index contributed by atoms with van der Waals surface area (Å²) in [7, 11) is 0. The lowest BCUT2D eigenvalue weighted by atomic mass is 10.0. The number of halogens is 2. The van der Waals surface area contributed by atoms with Gasteiger partial charge in [0, 0.05) is 32.2 Å². The van der Waals surface area contributed by atoms with Crippen LogP contribution in [0.1, 0.15) is 18.0 Å². The highest BCUT2D eigenvalue weighted by molar-refractivity contribution is 5.85. The van der Waals surface area contributed by atoms with Gasteiger partial charge in [-0.05, 0) is 24.1 Å². The molecule has 0 amide bonds. The third kappa shape index (κ3) is 3.96. The molecule has 0 bridgehead atoms. The van der Waals surface area contributed by atoms with Crippen molar-refractivity contribution in [1.29, 1.82) is 0 Å². The molecule has 6 heteroatoms. The lowest BCUT2D eigenvalue weighted by Gasteiger charge is -2.35. The molecule has 19 heavy (non-hydrogen) atoms. The standard InChI is InChI=1S/C13H19FN2O2.ClH/c14-4-3-11(16-7-5-15-6-8-16)10-1-2-12(17)13(18)9-10;/h1-2,9,11,15,17-18H,3-8H2;1H/t11-;/m1./s1. The maximum absolute atomic E-state index is 12.7. The molecule has 1 fully saturated rings. The lowest BCUT2D eigenvalue weighted by Crippen LogP contribution is -2.45.